The highest BCUT2D eigenvalue weighted by atomic mass is 15.2. The number of aromatic amines is 2. The summed E-state index contributed by atoms with van der Waals surface area (Å²) in [4.78, 5) is 9.01. The highest BCUT2D eigenvalue weighted by Crippen LogP contribution is 2.31. The number of H-pyrrole nitrogens is 2. The molecule has 0 fully saturated rings. The van der Waals surface area contributed by atoms with E-state index >= 15 is 0 Å². The first-order valence-electron chi connectivity index (χ1n) is 22.3. The van der Waals surface area contributed by atoms with Crippen LogP contribution in [0.5, 0.6) is 0 Å². The summed E-state index contributed by atoms with van der Waals surface area (Å²) in [6, 6.07) is 44.1. The third-order valence-corrected chi connectivity index (χ3v) is 11.7. The molecule has 2 aliphatic heterocycles. The van der Waals surface area contributed by atoms with Crippen LogP contribution in [0, 0.1) is 0 Å². The smallest absolute Gasteiger partial charge is 0.0489 e. The fraction of sp³-hybridized carbons (Fsp3) is 0.345. The van der Waals surface area contributed by atoms with Crippen LogP contribution in [0.3, 0.4) is 0 Å². The van der Waals surface area contributed by atoms with Crippen molar-refractivity contribution in [3.05, 3.63) is 168 Å². The summed E-state index contributed by atoms with van der Waals surface area (Å²) in [7, 11) is 0. The van der Waals surface area contributed by atoms with Gasteiger partial charge in [-0.2, -0.15) is 0 Å². The molecule has 0 atom stereocenters. The Morgan fingerprint density at radius 1 is 0.533 bits per heavy atom. The molecule has 60 heavy (non-hydrogen) atoms. The van der Waals surface area contributed by atoms with E-state index in [2.05, 4.69) is 228 Å². The average molecular weight is 800 g/mol. The van der Waals surface area contributed by atoms with E-state index in [1.165, 1.54) is 91.3 Å². The van der Waals surface area contributed by atoms with Gasteiger partial charge >= 0.3 is 0 Å². The number of fused-ring (bicyclic) bond motifs is 5. The predicted octanol–water partition coefficient (Wildman–Crippen LogP) is 15.0. The molecule has 5 aromatic carbocycles. The summed E-state index contributed by atoms with van der Waals surface area (Å²) in [5, 5.41) is 7.38. The maximum absolute atomic E-state index is 3.40. The SMILES string of the molecule is CC(C)N1CCc2ccccc21.CC(C)c1c[nH]c2ccccc12.CC(C)c1cccc2c1CCN2.CC(C)c1cccc2cc[nH]c12.CC(C)n1ccc2ccccc21. The number of hydrogen-bond acceptors (Lipinski definition) is 2. The fourth-order valence-electron chi connectivity index (χ4n) is 8.53. The van der Waals surface area contributed by atoms with Crippen molar-refractivity contribution in [2.75, 3.05) is 23.3 Å². The Hall–Kier alpha value is -5.68. The van der Waals surface area contributed by atoms with E-state index in [1.807, 2.05) is 6.20 Å². The second-order valence-electron chi connectivity index (χ2n) is 17.6. The molecule has 0 bridgehead atoms. The van der Waals surface area contributed by atoms with E-state index in [9.17, 15) is 0 Å². The summed E-state index contributed by atoms with van der Waals surface area (Å²) in [6.45, 7) is 24.6. The first kappa shape index (κ1) is 43.9. The lowest BCUT2D eigenvalue weighted by atomic mass is 9.96. The molecule has 3 aromatic heterocycles. The van der Waals surface area contributed by atoms with E-state index in [4.69, 9.17) is 0 Å². The number of rotatable bonds is 5. The van der Waals surface area contributed by atoms with Crippen molar-refractivity contribution in [1.29, 1.82) is 0 Å². The van der Waals surface area contributed by atoms with Crippen LogP contribution in [0.1, 0.15) is 121 Å². The van der Waals surface area contributed by atoms with Gasteiger partial charge in [-0.25, -0.2) is 0 Å². The van der Waals surface area contributed by atoms with Crippen LogP contribution in [0.2, 0.25) is 0 Å². The van der Waals surface area contributed by atoms with Crippen LogP contribution in [-0.4, -0.2) is 33.7 Å². The van der Waals surface area contributed by atoms with Crippen molar-refractivity contribution in [2.24, 2.45) is 0 Å². The van der Waals surface area contributed by atoms with Crippen molar-refractivity contribution in [1.82, 2.24) is 14.5 Å². The number of benzene rings is 5. The summed E-state index contributed by atoms with van der Waals surface area (Å²) in [6.07, 6.45) is 8.67. The molecule has 314 valence electrons. The van der Waals surface area contributed by atoms with Crippen LogP contribution in [-0.2, 0) is 12.8 Å². The van der Waals surface area contributed by atoms with Gasteiger partial charge in [-0.05, 0) is 133 Å². The minimum absolute atomic E-state index is 0.546. The largest absolute Gasteiger partial charge is 0.384 e. The third-order valence-electron chi connectivity index (χ3n) is 11.7. The Balaban J connectivity index is 0.000000126. The zero-order valence-corrected chi connectivity index (χ0v) is 37.9. The average Bonchev–Trinajstić information content (AvgIpc) is 4.10. The Kier molecular flexibility index (Phi) is 15.0. The molecule has 10 rings (SSSR count). The monoisotopic (exact) mass is 800 g/mol. The maximum atomic E-state index is 3.40. The van der Waals surface area contributed by atoms with Crippen molar-refractivity contribution in [3.8, 4) is 0 Å². The normalized spacial score (nSPS) is 12.8. The molecule has 0 aliphatic carbocycles. The van der Waals surface area contributed by atoms with Crippen LogP contribution >= 0.6 is 0 Å². The van der Waals surface area contributed by atoms with Gasteiger partial charge in [-0.1, -0.05) is 126 Å². The molecule has 2 aliphatic rings. The van der Waals surface area contributed by atoms with Gasteiger partial charge in [-0.15, -0.1) is 0 Å². The van der Waals surface area contributed by atoms with Crippen molar-refractivity contribution >= 4 is 44.1 Å². The zero-order valence-electron chi connectivity index (χ0n) is 37.9. The Bertz CT molecular complexity index is 2460. The molecule has 0 amide bonds. The molecule has 5 heteroatoms. The van der Waals surface area contributed by atoms with Gasteiger partial charge in [0.05, 0.1) is 0 Å². The van der Waals surface area contributed by atoms with Crippen molar-refractivity contribution in [2.45, 2.75) is 112 Å². The van der Waals surface area contributed by atoms with Gasteiger partial charge in [0, 0.05) is 77.1 Å². The van der Waals surface area contributed by atoms with E-state index in [-0.39, 0.29) is 0 Å². The summed E-state index contributed by atoms with van der Waals surface area (Å²) >= 11 is 0. The summed E-state index contributed by atoms with van der Waals surface area (Å²) in [5.41, 5.74) is 14.0. The molecule has 0 saturated carbocycles. The Morgan fingerprint density at radius 2 is 1.20 bits per heavy atom. The van der Waals surface area contributed by atoms with Gasteiger partial charge in [-0.3, -0.25) is 0 Å². The van der Waals surface area contributed by atoms with Gasteiger partial charge in [0.2, 0.25) is 0 Å². The van der Waals surface area contributed by atoms with Crippen LogP contribution < -0.4 is 10.2 Å². The Labute approximate surface area is 360 Å². The number of hydrogen-bond donors (Lipinski definition) is 3. The van der Waals surface area contributed by atoms with E-state index in [0.717, 1.165) is 6.54 Å². The molecule has 5 nitrogen and oxygen atoms in total. The van der Waals surface area contributed by atoms with E-state index in [1.54, 1.807) is 0 Å². The molecule has 0 spiro atoms. The zero-order chi connectivity index (χ0) is 42.8. The minimum atomic E-state index is 0.546. The van der Waals surface area contributed by atoms with Crippen LogP contribution in [0.15, 0.2) is 140 Å². The standard InChI is InChI=1S/C11H15N.C11H13N.C11H15N.2C11H13N/c1-8(2)9-4-3-5-11-10(9)6-7-12-11;1-8(2)10-5-3-4-9-6-7-12-11(9)10;2*1-9(2)12-8-7-10-5-3-4-6-11(10)12;1-8(2)10-7-12-11-6-4-3-5-9(10)11/h3-5,8,12H,6-7H2,1-2H3;3-8,12H,1-2H3;3-6,9H,7-8H2,1-2H3;3-9H,1-2H3;3-8,12H,1-2H3. The maximum Gasteiger partial charge on any atom is 0.0489 e. The second-order valence-corrected chi connectivity index (χ2v) is 17.6. The second kappa shape index (κ2) is 20.5. The quantitative estimate of drug-likeness (QED) is 0.162. The first-order valence-corrected chi connectivity index (χ1v) is 22.3. The van der Waals surface area contributed by atoms with Gasteiger partial charge in [0.15, 0.2) is 0 Å². The summed E-state index contributed by atoms with van der Waals surface area (Å²) < 4.78 is 2.29. The van der Waals surface area contributed by atoms with Crippen molar-refractivity contribution in [3.63, 3.8) is 0 Å². The van der Waals surface area contributed by atoms with E-state index in [0.29, 0.717) is 29.8 Å². The fourth-order valence-corrected chi connectivity index (χ4v) is 8.53. The van der Waals surface area contributed by atoms with Crippen LogP contribution in [0.25, 0.3) is 32.7 Å². The van der Waals surface area contributed by atoms with Gasteiger partial charge in [0.1, 0.15) is 0 Å². The number of nitrogens with zero attached hydrogens (tertiary/aromatic N) is 2. The molecule has 5 heterocycles. The van der Waals surface area contributed by atoms with E-state index < -0.39 is 0 Å². The highest BCUT2D eigenvalue weighted by molar-refractivity contribution is 5.84. The number of nitrogens with one attached hydrogen (secondary N) is 3. The molecule has 0 unspecified atom stereocenters. The number of para-hydroxylation sites is 4. The van der Waals surface area contributed by atoms with Gasteiger partial charge in [0.25, 0.3) is 0 Å². The topological polar surface area (TPSA) is 51.8 Å². The predicted molar refractivity (Wildman–Crippen MR) is 262 cm³/mol. The molecular weight excluding hydrogens is 731 g/mol. The molecular formula is C55H69N5. The molecule has 0 saturated heterocycles. The highest BCUT2D eigenvalue weighted by Gasteiger charge is 2.20. The Morgan fingerprint density at radius 3 is 1.95 bits per heavy atom. The van der Waals surface area contributed by atoms with Crippen LogP contribution in [0.4, 0.5) is 11.4 Å². The first-order chi connectivity index (χ1) is 28.9. The lowest BCUT2D eigenvalue weighted by molar-refractivity contribution is 0.623. The number of aromatic nitrogens is 3. The lowest BCUT2D eigenvalue weighted by Crippen LogP contribution is -2.28. The minimum Gasteiger partial charge on any atom is -0.384 e. The molecule has 3 N–H and O–H groups in total. The number of anilines is 2. The van der Waals surface area contributed by atoms with Gasteiger partial charge < -0.3 is 24.8 Å². The summed E-state index contributed by atoms with van der Waals surface area (Å²) in [5.74, 6) is 1.84. The molecule has 8 aromatic rings. The van der Waals surface area contributed by atoms with Crippen molar-refractivity contribution < 1.29 is 0 Å². The lowest BCUT2D eigenvalue weighted by Gasteiger charge is -2.23. The molecule has 0 radical (unpaired) electrons. The third kappa shape index (κ3) is 10.5.